The Morgan fingerprint density at radius 3 is 1.63 bits per heavy atom. The Morgan fingerprint density at radius 1 is 0.842 bits per heavy atom. The maximum atomic E-state index is 10.5. The van der Waals surface area contributed by atoms with Gasteiger partial charge in [-0.1, -0.05) is 61.5 Å². The van der Waals surface area contributed by atoms with E-state index < -0.39 is 0 Å². The summed E-state index contributed by atoms with van der Waals surface area (Å²) in [6.45, 7) is 16.5. The molecule has 19 heavy (non-hydrogen) atoms. The van der Waals surface area contributed by atoms with Crippen LogP contribution in [0.15, 0.2) is 6.07 Å². The van der Waals surface area contributed by atoms with Crippen molar-refractivity contribution in [1.29, 1.82) is 0 Å². The Kier molecular flexibility index (Phi) is 3.96. The largest absolute Gasteiger partial charge is 0.504 e. The molecule has 0 saturated carbocycles. The number of benzene rings is 1. The molecular weight excluding hydrogens is 236 g/mol. The third-order valence-corrected chi connectivity index (χ3v) is 3.48. The van der Waals surface area contributed by atoms with Crippen LogP contribution in [0.25, 0.3) is 0 Å². The average molecular weight is 264 g/mol. The highest BCUT2D eigenvalue weighted by atomic mass is 16.3. The maximum Gasteiger partial charge on any atom is 0.161 e. The van der Waals surface area contributed by atoms with Crippen LogP contribution in [0.3, 0.4) is 0 Å². The summed E-state index contributed by atoms with van der Waals surface area (Å²) >= 11 is 0. The van der Waals surface area contributed by atoms with Crippen molar-refractivity contribution in [2.45, 2.75) is 72.1 Å². The summed E-state index contributed by atoms with van der Waals surface area (Å²) in [6, 6.07) is 2.06. The van der Waals surface area contributed by atoms with Gasteiger partial charge in [-0.25, -0.2) is 0 Å². The fourth-order valence-corrected chi connectivity index (χ4v) is 2.49. The van der Waals surface area contributed by atoms with Gasteiger partial charge in [0.05, 0.1) is 0 Å². The topological polar surface area (TPSA) is 40.5 Å². The Labute approximate surface area is 117 Å². The number of phenols is 2. The van der Waals surface area contributed by atoms with Crippen LogP contribution < -0.4 is 0 Å². The van der Waals surface area contributed by atoms with Gasteiger partial charge < -0.3 is 10.2 Å². The fraction of sp³-hybridized carbons (Fsp3) is 0.647. The standard InChI is InChI=1S/C17H28O2/c1-10(2)11-9-12(16(3,4)5)14(18)15(19)13(11)17(6,7)8/h9-10,18-19H,1-8H3. The molecule has 0 bridgehead atoms. The molecule has 0 aliphatic rings. The van der Waals surface area contributed by atoms with Gasteiger partial charge in [0, 0.05) is 11.1 Å². The van der Waals surface area contributed by atoms with Crippen LogP contribution >= 0.6 is 0 Å². The van der Waals surface area contributed by atoms with Gasteiger partial charge in [-0.2, -0.15) is 0 Å². The maximum absolute atomic E-state index is 10.5. The van der Waals surface area contributed by atoms with Gasteiger partial charge in [0.25, 0.3) is 0 Å². The molecule has 0 aromatic heterocycles. The zero-order valence-corrected chi connectivity index (χ0v) is 13.5. The molecule has 2 N–H and O–H groups in total. The lowest BCUT2D eigenvalue weighted by molar-refractivity contribution is 0.374. The first-order chi connectivity index (χ1) is 8.37. The molecule has 0 heterocycles. The molecule has 0 radical (unpaired) electrons. The molecule has 1 aromatic rings. The summed E-state index contributed by atoms with van der Waals surface area (Å²) in [6.07, 6.45) is 0. The first kappa shape index (κ1) is 15.9. The van der Waals surface area contributed by atoms with Crippen molar-refractivity contribution in [3.63, 3.8) is 0 Å². The zero-order chi connectivity index (χ0) is 15.2. The Morgan fingerprint density at radius 2 is 1.32 bits per heavy atom. The first-order valence-corrected chi connectivity index (χ1v) is 6.97. The summed E-state index contributed by atoms with van der Waals surface area (Å²) in [5.74, 6) is 0.382. The summed E-state index contributed by atoms with van der Waals surface area (Å²) < 4.78 is 0. The van der Waals surface area contributed by atoms with Gasteiger partial charge in [-0.05, 0) is 22.3 Å². The number of phenolic OH excluding ortho intramolecular Hbond substituents is 2. The van der Waals surface area contributed by atoms with Crippen LogP contribution in [0, 0.1) is 0 Å². The van der Waals surface area contributed by atoms with Gasteiger partial charge in [0.15, 0.2) is 11.5 Å². The zero-order valence-electron chi connectivity index (χ0n) is 13.5. The minimum atomic E-state index is -0.197. The quantitative estimate of drug-likeness (QED) is 0.714. The molecule has 2 heteroatoms. The molecule has 0 amide bonds. The molecule has 108 valence electrons. The van der Waals surface area contributed by atoms with E-state index in [2.05, 4.69) is 40.7 Å². The molecular formula is C17H28O2. The van der Waals surface area contributed by atoms with Crippen molar-refractivity contribution in [2.24, 2.45) is 0 Å². The molecule has 2 nitrogen and oxygen atoms in total. The normalized spacial score (nSPS) is 13.1. The molecule has 0 atom stereocenters. The molecule has 0 fully saturated rings. The van der Waals surface area contributed by atoms with Gasteiger partial charge in [-0.15, -0.1) is 0 Å². The third kappa shape index (κ3) is 3.05. The number of rotatable bonds is 1. The summed E-state index contributed by atoms with van der Waals surface area (Å²) in [7, 11) is 0. The van der Waals surface area contributed by atoms with E-state index in [4.69, 9.17) is 0 Å². The second-order valence-corrected chi connectivity index (χ2v) is 7.74. The van der Waals surface area contributed by atoms with E-state index in [1.54, 1.807) is 0 Å². The number of hydrogen-bond donors (Lipinski definition) is 2. The first-order valence-electron chi connectivity index (χ1n) is 6.97. The van der Waals surface area contributed by atoms with Crippen LogP contribution in [-0.4, -0.2) is 10.2 Å². The number of aromatic hydroxyl groups is 2. The van der Waals surface area contributed by atoms with Crippen LogP contribution in [0.4, 0.5) is 0 Å². The fourth-order valence-electron chi connectivity index (χ4n) is 2.49. The Balaban J connectivity index is 3.74. The van der Waals surface area contributed by atoms with Gasteiger partial charge in [0.1, 0.15) is 0 Å². The van der Waals surface area contributed by atoms with E-state index in [9.17, 15) is 10.2 Å². The van der Waals surface area contributed by atoms with Crippen molar-refractivity contribution in [3.05, 3.63) is 22.8 Å². The van der Waals surface area contributed by atoms with Gasteiger partial charge in [-0.3, -0.25) is 0 Å². The SMILES string of the molecule is CC(C)c1cc(C(C)(C)C)c(O)c(O)c1C(C)(C)C. The van der Waals surface area contributed by atoms with E-state index in [1.165, 1.54) is 0 Å². The second-order valence-electron chi connectivity index (χ2n) is 7.74. The lowest BCUT2D eigenvalue weighted by Gasteiger charge is -2.30. The van der Waals surface area contributed by atoms with Gasteiger partial charge in [0.2, 0.25) is 0 Å². The molecule has 0 aliphatic heterocycles. The predicted octanol–water partition coefficient (Wildman–Crippen LogP) is 4.82. The Hall–Kier alpha value is -1.18. The van der Waals surface area contributed by atoms with E-state index >= 15 is 0 Å². The molecule has 1 rings (SSSR count). The van der Waals surface area contributed by atoms with Crippen molar-refractivity contribution >= 4 is 0 Å². The van der Waals surface area contributed by atoms with Gasteiger partial charge >= 0.3 is 0 Å². The summed E-state index contributed by atoms with van der Waals surface area (Å²) in [5, 5.41) is 20.8. The van der Waals surface area contributed by atoms with Crippen molar-refractivity contribution in [3.8, 4) is 11.5 Å². The van der Waals surface area contributed by atoms with Crippen LogP contribution in [0.2, 0.25) is 0 Å². The van der Waals surface area contributed by atoms with E-state index in [1.807, 2.05) is 20.8 Å². The highest BCUT2D eigenvalue weighted by molar-refractivity contribution is 5.59. The third-order valence-electron chi connectivity index (χ3n) is 3.48. The van der Waals surface area contributed by atoms with Crippen LogP contribution in [0.1, 0.15) is 78.0 Å². The lowest BCUT2D eigenvalue weighted by Crippen LogP contribution is -2.19. The predicted molar refractivity (Wildman–Crippen MR) is 81.3 cm³/mol. The number of hydrogen-bond acceptors (Lipinski definition) is 2. The van der Waals surface area contributed by atoms with Crippen LogP contribution in [0.5, 0.6) is 11.5 Å². The van der Waals surface area contributed by atoms with E-state index in [0.29, 0.717) is 5.92 Å². The molecule has 0 unspecified atom stereocenters. The van der Waals surface area contributed by atoms with Crippen molar-refractivity contribution in [1.82, 2.24) is 0 Å². The molecule has 0 saturated heterocycles. The molecule has 0 aliphatic carbocycles. The Bertz CT molecular complexity index is 472. The highest BCUT2D eigenvalue weighted by Crippen LogP contribution is 2.47. The van der Waals surface area contributed by atoms with Crippen molar-refractivity contribution < 1.29 is 10.2 Å². The molecule has 1 aromatic carbocycles. The second kappa shape index (κ2) is 4.73. The van der Waals surface area contributed by atoms with E-state index in [0.717, 1.165) is 16.7 Å². The smallest absolute Gasteiger partial charge is 0.161 e. The summed E-state index contributed by atoms with van der Waals surface area (Å²) in [5.41, 5.74) is 2.39. The minimum Gasteiger partial charge on any atom is -0.504 e. The summed E-state index contributed by atoms with van der Waals surface area (Å²) in [4.78, 5) is 0. The lowest BCUT2D eigenvalue weighted by atomic mass is 9.75. The average Bonchev–Trinajstić information content (AvgIpc) is 2.17. The van der Waals surface area contributed by atoms with E-state index in [-0.39, 0.29) is 22.3 Å². The highest BCUT2D eigenvalue weighted by Gasteiger charge is 2.30. The molecule has 0 spiro atoms. The van der Waals surface area contributed by atoms with Crippen LogP contribution in [-0.2, 0) is 10.8 Å². The van der Waals surface area contributed by atoms with Crippen molar-refractivity contribution in [2.75, 3.05) is 0 Å². The monoisotopic (exact) mass is 264 g/mol. The minimum absolute atomic E-state index is 0.0295.